The van der Waals surface area contributed by atoms with Crippen LogP contribution in [0.1, 0.15) is 144 Å². The van der Waals surface area contributed by atoms with Crippen LogP contribution in [0.25, 0.3) is 11.1 Å². The molecule has 0 unspecified atom stereocenters. The molecule has 0 spiro atoms. The zero-order chi connectivity index (χ0) is 45.8. The number of likely N-dealkylation sites (tertiary alicyclic amines) is 1. The molecule has 1 saturated heterocycles. The van der Waals surface area contributed by atoms with E-state index in [1.165, 1.54) is 36.8 Å². The van der Waals surface area contributed by atoms with Crippen LogP contribution in [-0.2, 0) is 19.2 Å². The predicted molar refractivity (Wildman–Crippen MR) is 253 cm³/mol. The molecular weight excluding hydrogens is 819 g/mol. The van der Waals surface area contributed by atoms with Crippen molar-refractivity contribution in [3.8, 4) is 0 Å². The summed E-state index contributed by atoms with van der Waals surface area (Å²) in [5, 5.41) is 15.6. The normalized spacial score (nSPS) is 21.9. The number of rotatable bonds is 25. The number of carbonyl (C=O) groups excluding carboxylic acids is 5. The zero-order valence-corrected chi connectivity index (χ0v) is 38.5. The lowest BCUT2D eigenvalue weighted by atomic mass is 9.94. The molecule has 4 aromatic rings. The Bertz CT molecular complexity index is 2160. The molecule has 13 heteroatoms. The quantitative estimate of drug-likeness (QED) is 0.0417. The Morgan fingerprint density at radius 2 is 1.26 bits per heavy atom. The van der Waals surface area contributed by atoms with E-state index in [1.807, 2.05) is 36.4 Å². The van der Waals surface area contributed by atoms with E-state index < -0.39 is 17.4 Å². The maximum Gasteiger partial charge on any atom is 0.295 e. The monoisotopic (exact) mass is 888 g/mol. The van der Waals surface area contributed by atoms with Crippen LogP contribution in [0.4, 0.5) is 6.01 Å². The molecule has 1 aliphatic heterocycles. The number of benzene rings is 3. The minimum Gasteiger partial charge on any atom is -0.424 e. The fraction of sp³-hybridized carbons (Fsp3) is 0.538. The van der Waals surface area contributed by atoms with Crippen LogP contribution in [0, 0.1) is 11.8 Å². The van der Waals surface area contributed by atoms with Gasteiger partial charge in [-0.05, 0) is 61.9 Å². The summed E-state index contributed by atoms with van der Waals surface area (Å²) >= 11 is 0. The van der Waals surface area contributed by atoms with Crippen LogP contribution in [-0.4, -0.2) is 83.2 Å². The van der Waals surface area contributed by atoms with Gasteiger partial charge < -0.3 is 35.9 Å². The van der Waals surface area contributed by atoms with E-state index in [4.69, 9.17) is 4.42 Å². The SMILES string of the molecule is CCCCCCCCCC(=O)N[C@](C)(CNc1nc2cc(C(=O)N3C[C@@H](C(=O)N[C@H]4C[C@@H]4c4ccccc4)[C@H](C(=O)N[C@H]4C[C@@H]4c4ccccc4)C3)ccc2o1)C(=O)NCCCCCC. The van der Waals surface area contributed by atoms with Crippen LogP contribution in [0.5, 0.6) is 0 Å². The number of hydrogen-bond donors (Lipinski definition) is 5. The number of anilines is 1. The Hall–Kier alpha value is -5.72. The van der Waals surface area contributed by atoms with Gasteiger partial charge in [-0.3, -0.25) is 24.0 Å². The van der Waals surface area contributed by atoms with Crippen LogP contribution in [0.15, 0.2) is 83.3 Å². The molecule has 3 fully saturated rings. The fourth-order valence-corrected chi connectivity index (χ4v) is 9.24. The molecule has 3 aliphatic rings. The van der Waals surface area contributed by atoms with Crippen molar-refractivity contribution in [2.45, 2.75) is 140 Å². The lowest BCUT2D eigenvalue weighted by Crippen LogP contribution is -2.60. The maximum atomic E-state index is 14.2. The Balaban J connectivity index is 0.994. The van der Waals surface area contributed by atoms with Gasteiger partial charge in [0, 0.05) is 55.5 Å². The van der Waals surface area contributed by atoms with Gasteiger partial charge in [0.1, 0.15) is 11.1 Å². The average molecular weight is 888 g/mol. The maximum absolute atomic E-state index is 14.2. The Morgan fingerprint density at radius 1 is 0.708 bits per heavy atom. The van der Waals surface area contributed by atoms with Gasteiger partial charge in [0.25, 0.3) is 11.9 Å². The number of nitrogens with one attached hydrogen (secondary N) is 5. The van der Waals surface area contributed by atoms with E-state index in [-0.39, 0.29) is 79.1 Å². The van der Waals surface area contributed by atoms with Crippen LogP contribution >= 0.6 is 0 Å². The van der Waals surface area contributed by atoms with Crippen molar-refractivity contribution in [3.63, 3.8) is 0 Å². The third-order valence-corrected chi connectivity index (χ3v) is 13.4. The van der Waals surface area contributed by atoms with Crippen LogP contribution in [0.3, 0.4) is 0 Å². The molecule has 5 N–H and O–H groups in total. The van der Waals surface area contributed by atoms with Gasteiger partial charge in [-0.25, -0.2) is 0 Å². The smallest absolute Gasteiger partial charge is 0.295 e. The number of nitrogens with zero attached hydrogens (tertiary/aromatic N) is 2. The molecule has 2 aliphatic carbocycles. The lowest BCUT2D eigenvalue weighted by Gasteiger charge is -2.29. The minimum absolute atomic E-state index is 0.0180. The molecule has 2 saturated carbocycles. The molecule has 7 rings (SSSR count). The average Bonchev–Trinajstić information content (AvgIpc) is 4.17. The summed E-state index contributed by atoms with van der Waals surface area (Å²) in [6.07, 6.45) is 13.7. The summed E-state index contributed by atoms with van der Waals surface area (Å²) in [5.74, 6) is -2.19. The van der Waals surface area contributed by atoms with Crippen molar-refractivity contribution in [2.75, 3.05) is 31.5 Å². The molecule has 1 aromatic heterocycles. The second-order valence-electron chi connectivity index (χ2n) is 18.8. The number of fused-ring (bicyclic) bond motifs is 1. The van der Waals surface area contributed by atoms with Crippen LogP contribution in [0.2, 0.25) is 0 Å². The molecule has 348 valence electrons. The van der Waals surface area contributed by atoms with E-state index in [1.54, 1.807) is 30.0 Å². The number of amides is 5. The number of carbonyl (C=O) groups is 5. The molecule has 7 atom stereocenters. The highest BCUT2D eigenvalue weighted by atomic mass is 16.4. The third kappa shape index (κ3) is 12.8. The minimum atomic E-state index is -1.28. The van der Waals surface area contributed by atoms with Gasteiger partial charge in [-0.2, -0.15) is 4.98 Å². The fourth-order valence-electron chi connectivity index (χ4n) is 9.24. The second-order valence-corrected chi connectivity index (χ2v) is 18.8. The first-order chi connectivity index (χ1) is 31.6. The van der Waals surface area contributed by atoms with Crippen molar-refractivity contribution in [2.24, 2.45) is 11.8 Å². The van der Waals surface area contributed by atoms with Gasteiger partial charge in [0.2, 0.25) is 23.6 Å². The van der Waals surface area contributed by atoms with Gasteiger partial charge in [0.15, 0.2) is 5.58 Å². The molecule has 65 heavy (non-hydrogen) atoms. The van der Waals surface area contributed by atoms with Crippen molar-refractivity contribution in [3.05, 3.63) is 95.6 Å². The van der Waals surface area contributed by atoms with E-state index in [9.17, 15) is 24.0 Å². The van der Waals surface area contributed by atoms with Gasteiger partial charge >= 0.3 is 0 Å². The van der Waals surface area contributed by atoms with Crippen molar-refractivity contribution in [1.29, 1.82) is 0 Å². The first-order valence-electron chi connectivity index (χ1n) is 24.3. The Morgan fingerprint density at radius 3 is 1.85 bits per heavy atom. The Kier molecular flexibility index (Phi) is 16.3. The molecule has 3 aromatic carbocycles. The first-order valence-corrected chi connectivity index (χ1v) is 24.3. The van der Waals surface area contributed by atoms with Gasteiger partial charge in [-0.15, -0.1) is 0 Å². The number of hydrogen-bond acceptors (Lipinski definition) is 8. The second kappa shape index (κ2) is 22.5. The highest BCUT2D eigenvalue weighted by molar-refractivity contribution is 5.99. The summed E-state index contributed by atoms with van der Waals surface area (Å²) in [6.45, 7) is 6.79. The highest BCUT2D eigenvalue weighted by Gasteiger charge is 2.49. The number of oxazole rings is 1. The number of aromatic nitrogens is 1. The number of unbranched alkanes of at least 4 members (excludes halogenated alkanes) is 9. The molecule has 5 amide bonds. The third-order valence-electron chi connectivity index (χ3n) is 13.4. The molecular formula is C52H69N7O6. The first kappa shape index (κ1) is 47.2. The van der Waals surface area contributed by atoms with E-state index in [2.05, 4.69) is 69.7 Å². The van der Waals surface area contributed by atoms with E-state index >= 15 is 0 Å². The summed E-state index contributed by atoms with van der Waals surface area (Å²) in [6, 6.07) is 25.3. The zero-order valence-electron chi connectivity index (χ0n) is 38.5. The van der Waals surface area contributed by atoms with E-state index in [0.717, 1.165) is 57.8 Å². The summed E-state index contributed by atoms with van der Waals surface area (Å²) in [7, 11) is 0. The van der Waals surface area contributed by atoms with E-state index in [0.29, 0.717) is 29.6 Å². The van der Waals surface area contributed by atoms with Crippen LogP contribution < -0.4 is 26.6 Å². The predicted octanol–water partition coefficient (Wildman–Crippen LogP) is 7.98. The van der Waals surface area contributed by atoms with Crippen molar-refractivity contribution < 1.29 is 28.4 Å². The summed E-state index contributed by atoms with van der Waals surface area (Å²) in [4.78, 5) is 75.2. The standard InChI is InChI=1S/C52H69N7O6/c1-4-6-8-10-11-12-19-25-46(60)58-52(3,50(64)53-28-20-9-7-5-2)34-54-51-57-44-29-37(26-27-45(44)65-51)49(63)59-32-40(47(61)55-42-30-38(42)35-21-15-13-16-22-35)41(33-59)48(62)56-43-31-39(43)36-23-17-14-18-24-36/h13-18,21-24,26-27,29,38-43H,4-12,19-20,25,28,30-34H2,1-3H3,(H,53,64)(H,54,57)(H,55,61)(H,56,62)(H,58,60)/t38-,39-,40-,41-,42+,43+,52-/m1/s1. The summed E-state index contributed by atoms with van der Waals surface area (Å²) < 4.78 is 6.02. The lowest BCUT2D eigenvalue weighted by molar-refractivity contribution is -0.133. The topological polar surface area (TPSA) is 175 Å². The van der Waals surface area contributed by atoms with Gasteiger partial charge in [-0.1, -0.05) is 132 Å². The Labute approximate surface area is 384 Å². The highest BCUT2D eigenvalue weighted by Crippen LogP contribution is 2.43. The van der Waals surface area contributed by atoms with Crippen molar-refractivity contribution in [1.82, 2.24) is 31.2 Å². The summed E-state index contributed by atoms with van der Waals surface area (Å²) in [5.41, 5.74) is 2.26. The van der Waals surface area contributed by atoms with Crippen molar-refractivity contribution >= 4 is 46.7 Å². The molecule has 2 heterocycles. The molecule has 13 nitrogen and oxygen atoms in total. The molecule has 0 radical (unpaired) electrons. The molecule has 0 bridgehead atoms. The van der Waals surface area contributed by atoms with Gasteiger partial charge in [0.05, 0.1) is 18.4 Å². The largest absolute Gasteiger partial charge is 0.424 e.